The highest BCUT2D eigenvalue weighted by Gasteiger charge is 2.64. The van der Waals surface area contributed by atoms with Crippen LogP contribution in [-0.2, 0) is 14.3 Å². The van der Waals surface area contributed by atoms with E-state index in [0.29, 0.717) is 11.8 Å². The first-order chi connectivity index (χ1) is 5.29. The fourth-order valence-corrected chi connectivity index (χ4v) is 2.15. The van der Waals surface area contributed by atoms with Crippen molar-refractivity contribution in [3.8, 4) is 0 Å². The first-order valence-electron chi connectivity index (χ1n) is 3.82. The summed E-state index contributed by atoms with van der Waals surface area (Å²) >= 11 is 0. The second-order valence-electron chi connectivity index (χ2n) is 3.33. The molecule has 0 aliphatic heterocycles. The van der Waals surface area contributed by atoms with Gasteiger partial charge < -0.3 is 9.53 Å². The molecule has 0 N–H and O–H groups in total. The summed E-state index contributed by atoms with van der Waals surface area (Å²) in [4.78, 5) is 21.5. The van der Waals surface area contributed by atoms with E-state index < -0.39 is 0 Å². The second-order valence-corrected chi connectivity index (χ2v) is 3.33. The smallest absolute Gasteiger partial charge is 0.309 e. The number of rotatable bonds is 2. The number of aldehydes is 1. The van der Waals surface area contributed by atoms with E-state index in [4.69, 9.17) is 0 Å². The Labute approximate surface area is 64.7 Å². The van der Waals surface area contributed by atoms with Crippen molar-refractivity contribution in [3.05, 3.63) is 0 Å². The van der Waals surface area contributed by atoms with Gasteiger partial charge in [-0.2, -0.15) is 0 Å². The van der Waals surface area contributed by atoms with E-state index in [9.17, 15) is 9.59 Å². The van der Waals surface area contributed by atoms with Gasteiger partial charge in [-0.25, -0.2) is 0 Å². The minimum absolute atomic E-state index is 0.0348. The normalized spacial score (nSPS) is 45.2. The van der Waals surface area contributed by atoms with Gasteiger partial charge in [-0.3, -0.25) is 4.79 Å². The van der Waals surface area contributed by atoms with Crippen molar-refractivity contribution in [2.45, 2.75) is 6.42 Å². The summed E-state index contributed by atoms with van der Waals surface area (Å²) in [5.74, 6) is 0.630. The maximum Gasteiger partial charge on any atom is 0.309 e. The summed E-state index contributed by atoms with van der Waals surface area (Å²) < 4.78 is 4.59. The molecule has 3 nitrogen and oxygen atoms in total. The van der Waals surface area contributed by atoms with Gasteiger partial charge in [0.05, 0.1) is 13.0 Å². The number of esters is 1. The number of ether oxygens (including phenoxy) is 1. The quantitative estimate of drug-likeness (QED) is 0.422. The van der Waals surface area contributed by atoms with Crippen molar-refractivity contribution in [3.63, 3.8) is 0 Å². The predicted octanol–water partition coefficient (Wildman–Crippen LogP) is 0.240. The molecule has 3 heteroatoms. The van der Waals surface area contributed by atoms with Gasteiger partial charge in [0.2, 0.25) is 0 Å². The molecule has 0 aromatic carbocycles. The predicted molar refractivity (Wildman–Crippen MR) is 36.7 cm³/mol. The van der Waals surface area contributed by atoms with Crippen LogP contribution in [0.5, 0.6) is 0 Å². The monoisotopic (exact) mass is 154 g/mol. The molecule has 2 aliphatic rings. The average Bonchev–Trinajstić information content (AvgIpc) is 2.65. The number of carbonyl (C=O) groups is 2. The molecule has 60 valence electrons. The van der Waals surface area contributed by atoms with Crippen molar-refractivity contribution in [2.24, 2.45) is 23.7 Å². The van der Waals surface area contributed by atoms with Crippen LogP contribution in [0, 0.1) is 23.7 Å². The fraction of sp³-hybridized carbons (Fsp3) is 0.750. The Morgan fingerprint density at radius 3 is 2.82 bits per heavy atom. The Balaban J connectivity index is 2.04. The molecule has 4 atom stereocenters. The zero-order valence-corrected chi connectivity index (χ0v) is 6.32. The lowest BCUT2D eigenvalue weighted by Gasteiger charge is -2.28. The molecule has 2 saturated carbocycles. The zero-order chi connectivity index (χ0) is 8.01. The Bertz CT molecular complexity index is 211. The van der Waals surface area contributed by atoms with Crippen LogP contribution in [0.15, 0.2) is 0 Å². The van der Waals surface area contributed by atoms with Gasteiger partial charge in [0, 0.05) is 5.92 Å². The fourth-order valence-electron chi connectivity index (χ4n) is 2.15. The third kappa shape index (κ3) is 0.737. The van der Waals surface area contributed by atoms with Gasteiger partial charge in [-0.1, -0.05) is 0 Å². The van der Waals surface area contributed by atoms with E-state index in [1.54, 1.807) is 0 Å². The lowest BCUT2D eigenvalue weighted by Crippen LogP contribution is -2.37. The summed E-state index contributed by atoms with van der Waals surface area (Å²) in [6, 6.07) is 0. The molecule has 11 heavy (non-hydrogen) atoms. The maximum atomic E-state index is 11.0. The molecule has 2 rings (SSSR count). The molecule has 0 saturated heterocycles. The molecular weight excluding hydrogens is 144 g/mol. The number of methoxy groups -OCH3 is 1. The molecule has 0 bridgehead atoms. The molecular formula is C8H10O3. The van der Waals surface area contributed by atoms with Crippen molar-refractivity contribution in [1.82, 2.24) is 0 Å². The Morgan fingerprint density at radius 1 is 1.55 bits per heavy atom. The Hall–Kier alpha value is -0.860. The van der Waals surface area contributed by atoms with Gasteiger partial charge in [0.15, 0.2) is 0 Å². The number of hydrogen-bond acceptors (Lipinski definition) is 3. The Kier molecular flexibility index (Phi) is 1.28. The molecule has 0 aromatic rings. The molecule has 0 heterocycles. The molecule has 0 radical (unpaired) electrons. The summed E-state index contributed by atoms with van der Waals surface area (Å²) in [5.41, 5.74) is 0. The third-order valence-electron chi connectivity index (χ3n) is 2.89. The van der Waals surface area contributed by atoms with Crippen LogP contribution in [0.3, 0.4) is 0 Å². The molecule has 0 amide bonds. The van der Waals surface area contributed by atoms with Crippen LogP contribution >= 0.6 is 0 Å². The van der Waals surface area contributed by atoms with E-state index in [2.05, 4.69) is 4.74 Å². The summed E-state index contributed by atoms with van der Waals surface area (Å²) in [7, 11) is 1.37. The van der Waals surface area contributed by atoms with Crippen LogP contribution in [0.2, 0.25) is 0 Å². The molecule has 0 aromatic heterocycles. The zero-order valence-electron chi connectivity index (χ0n) is 6.32. The van der Waals surface area contributed by atoms with Crippen molar-refractivity contribution >= 4 is 12.3 Å². The van der Waals surface area contributed by atoms with Crippen LogP contribution in [-0.4, -0.2) is 19.4 Å². The largest absolute Gasteiger partial charge is 0.469 e. The van der Waals surface area contributed by atoms with Crippen molar-refractivity contribution < 1.29 is 14.3 Å². The lowest BCUT2D eigenvalue weighted by molar-refractivity contribution is -0.154. The minimum Gasteiger partial charge on any atom is -0.469 e. The number of hydrogen-bond donors (Lipinski definition) is 0. The topological polar surface area (TPSA) is 43.4 Å². The van der Waals surface area contributed by atoms with E-state index in [1.807, 2.05) is 0 Å². The summed E-state index contributed by atoms with van der Waals surface area (Å²) in [5, 5.41) is 0. The maximum absolute atomic E-state index is 11.0. The molecule has 4 unspecified atom stereocenters. The van der Waals surface area contributed by atoms with Crippen LogP contribution in [0.4, 0.5) is 0 Å². The summed E-state index contributed by atoms with van der Waals surface area (Å²) in [6.45, 7) is 0. The van der Waals surface area contributed by atoms with E-state index in [0.717, 1.165) is 12.7 Å². The van der Waals surface area contributed by atoms with E-state index in [-0.39, 0.29) is 17.8 Å². The molecule has 2 fully saturated rings. The highest BCUT2D eigenvalue weighted by Crippen LogP contribution is 2.63. The molecule has 0 spiro atoms. The van der Waals surface area contributed by atoms with E-state index >= 15 is 0 Å². The van der Waals surface area contributed by atoms with Gasteiger partial charge in [-0.05, 0) is 18.3 Å². The van der Waals surface area contributed by atoms with Crippen molar-refractivity contribution in [1.29, 1.82) is 0 Å². The van der Waals surface area contributed by atoms with Crippen LogP contribution in [0.25, 0.3) is 0 Å². The average molecular weight is 154 g/mol. The number of carbonyl (C=O) groups excluding carboxylic acids is 2. The lowest BCUT2D eigenvalue weighted by atomic mass is 9.75. The van der Waals surface area contributed by atoms with Crippen molar-refractivity contribution in [2.75, 3.05) is 7.11 Å². The van der Waals surface area contributed by atoms with E-state index in [1.165, 1.54) is 7.11 Å². The SMILES string of the molecule is COC(=O)C1C(C=O)C2CC21. The van der Waals surface area contributed by atoms with Gasteiger partial charge >= 0.3 is 5.97 Å². The van der Waals surface area contributed by atoms with Crippen LogP contribution in [0.1, 0.15) is 6.42 Å². The number of fused-ring (bicyclic) bond motifs is 1. The first kappa shape index (κ1) is 6.83. The highest BCUT2D eigenvalue weighted by atomic mass is 16.5. The second kappa shape index (κ2) is 2.06. The van der Waals surface area contributed by atoms with Gasteiger partial charge in [0.1, 0.15) is 6.29 Å². The highest BCUT2D eigenvalue weighted by molar-refractivity contribution is 5.80. The van der Waals surface area contributed by atoms with Gasteiger partial charge in [-0.15, -0.1) is 0 Å². The standard InChI is InChI=1S/C8H10O3/c1-11-8(10)7-5-2-4(5)6(7)3-9/h3-7H,2H2,1H3. The van der Waals surface area contributed by atoms with Crippen LogP contribution < -0.4 is 0 Å². The first-order valence-corrected chi connectivity index (χ1v) is 3.82. The Morgan fingerprint density at radius 2 is 2.27 bits per heavy atom. The van der Waals surface area contributed by atoms with Gasteiger partial charge in [0.25, 0.3) is 0 Å². The third-order valence-corrected chi connectivity index (χ3v) is 2.89. The minimum atomic E-state index is -0.208. The molecule has 2 aliphatic carbocycles. The summed E-state index contributed by atoms with van der Waals surface area (Å²) in [6.07, 6.45) is 1.94.